The Bertz CT molecular complexity index is 691. The number of aryl methyl sites for hydroxylation is 1. The zero-order chi connectivity index (χ0) is 15.2. The van der Waals surface area contributed by atoms with Crippen molar-refractivity contribution in [2.75, 3.05) is 12.4 Å². The van der Waals surface area contributed by atoms with Crippen molar-refractivity contribution in [2.45, 2.75) is 13.5 Å². The first-order chi connectivity index (χ1) is 10.1. The highest BCUT2D eigenvalue weighted by Crippen LogP contribution is 2.13. The highest BCUT2D eigenvalue weighted by molar-refractivity contribution is 5.89. The van der Waals surface area contributed by atoms with Crippen molar-refractivity contribution in [1.82, 2.24) is 9.88 Å². The van der Waals surface area contributed by atoms with E-state index in [1.165, 1.54) is 0 Å². The molecule has 21 heavy (non-hydrogen) atoms. The molecule has 106 valence electrons. The molecule has 0 fully saturated rings. The lowest BCUT2D eigenvalue weighted by atomic mass is 10.1. The van der Waals surface area contributed by atoms with Gasteiger partial charge in [0.1, 0.15) is 0 Å². The maximum atomic E-state index is 12.1. The van der Waals surface area contributed by atoms with Crippen LogP contribution in [0.25, 0.3) is 0 Å². The molecule has 1 N–H and O–H groups in total. The molecular weight excluding hydrogens is 264 g/mol. The van der Waals surface area contributed by atoms with E-state index in [1.54, 1.807) is 36.5 Å². The van der Waals surface area contributed by atoms with Gasteiger partial charge in [-0.15, -0.1) is 0 Å². The molecule has 0 atom stereocenters. The van der Waals surface area contributed by atoms with Crippen LogP contribution in [0.4, 0.5) is 10.5 Å². The minimum atomic E-state index is -0.214. The van der Waals surface area contributed by atoms with Gasteiger partial charge in [0.05, 0.1) is 23.5 Å². The second-order valence-corrected chi connectivity index (χ2v) is 4.79. The van der Waals surface area contributed by atoms with Crippen molar-refractivity contribution in [2.24, 2.45) is 0 Å². The van der Waals surface area contributed by atoms with Crippen LogP contribution in [-0.4, -0.2) is 23.0 Å². The van der Waals surface area contributed by atoms with Gasteiger partial charge in [-0.2, -0.15) is 5.26 Å². The number of rotatable bonds is 3. The summed E-state index contributed by atoms with van der Waals surface area (Å²) in [4.78, 5) is 17.7. The molecule has 0 aliphatic heterocycles. The Labute approximate surface area is 123 Å². The Morgan fingerprint density at radius 1 is 1.43 bits per heavy atom. The van der Waals surface area contributed by atoms with Crippen LogP contribution in [0.5, 0.6) is 0 Å². The quantitative estimate of drug-likeness (QED) is 0.939. The average molecular weight is 280 g/mol. The van der Waals surface area contributed by atoms with Crippen LogP contribution in [0.1, 0.15) is 16.7 Å². The number of carbonyl (C=O) groups is 1. The highest BCUT2D eigenvalue weighted by Gasteiger charge is 2.10. The Kier molecular flexibility index (Phi) is 4.52. The van der Waals surface area contributed by atoms with E-state index in [-0.39, 0.29) is 6.03 Å². The van der Waals surface area contributed by atoms with Gasteiger partial charge < -0.3 is 10.2 Å². The van der Waals surface area contributed by atoms with E-state index in [1.807, 2.05) is 25.1 Å². The van der Waals surface area contributed by atoms with E-state index in [4.69, 9.17) is 5.26 Å². The van der Waals surface area contributed by atoms with Gasteiger partial charge in [-0.05, 0) is 36.2 Å². The lowest BCUT2D eigenvalue weighted by Crippen LogP contribution is -2.31. The number of hydrogen-bond acceptors (Lipinski definition) is 3. The van der Waals surface area contributed by atoms with E-state index in [2.05, 4.69) is 16.4 Å². The smallest absolute Gasteiger partial charge is 0.321 e. The molecule has 5 heteroatoms. The van der Waals surface area contributed by atoms with Crippen LogP contribution in [0.15, 0.2) is 42.7 Å². The molecule has 2 aromatic rings. The van der Waals surface area contributed by atoms with E-state index in [0.717, 1.165) is 11.1 Å². The third kappa shape index (κ3) is 3.80. The second kappa shape index (κ2) is 6.53. The molecule has 0 bridgehead atoms. The van der Waals surface area contributed by atoms with Crippen molar-refractivity contribution in [3.63, 3.8) is 0 Å². The standard InChI is InChI=1S/C16H16N4O/c1-12-6-7-18-10-15(12)19-16(21)20(2)11-14-5-3-4-13(8-14)9-17/h3-8,10H,11H2,1-2H3,(H,19,21). The number of pyridine rings is 1. The molecule has 2 rings (SSSR count). The molecular formula is C16H16N4O. The average Bonchev–Trinajstić information content (AvgIpc) is 2.49. The Morgan fingerprint density at radius 3 is 2.95 bits per heavy atom. The van der Waals surface area contributed by atoms with Gasteiger partial charge in [0.2, 0.25) is 0 Å². The number of carbonyl (C=O) groups excluding carboxylic acids is 1. The zero-order valence-corrected chi connectivity index (χ0v) is 12.0. The normalized spacial score (nSPS) is 9.76. The minimum Gasteiger partial charge on any atom is -0.323 e. The number of nitrogens with zero attached hydrogens (tertiary/aromatic N) is 3. The van der Waals surface area contributed by atoms with E-state index >= 15 is 0 Å². The number of nitrogens with one attached hydrogen (secondary N) is 1. The summed E-state index contributed by atoms with van der Waals surface area (Å²) in [5.41, 5.74) is 3.15. The SMILES string of the molecule is Cc1ccncc1NC(=O)N(C)Cc1cccc(C#N)c1. The molecule has 1 aromatic heterocycles. The highest BCUT2D eigenvalue weighted by atomic mass is 16.2. The summed E-state index contributed by atoms with van der Waals surface area (Å²) >= 11 is 0. The second-order valence-electron chi connectivity index (χ2n) is 4.79. The van der Waals surface area contributed by atoms with Crippen LogP contribution in [0, 0.1) is 18.3 Å². The fraction of sp³-hybridized carbons (Fsp3) is 0.188. The predicted molar refractivity (Wildman–Crippen MR) is 80.6 cm³/mol. The maximum Gasteiger partial charge on any atom is 0.321 e. The van der Waals surface area contributed by atoms with Gasteiger partial charge >= 0.3 is 6.03 Å². The number of hydrogen-bond donors (Lipinski definition) is 1. The van der Waals surface area contributed by atoms with E-state index < -0.39 is 0 Å². The van der Waals surface area contributed by atoms with Crippen molar-refractivity contribution < 1.29 is 4.79 Å². The molecule has 1 heterocycles. The fourth-order valence-electron chi connectivity index (χ4n) is 1.89. The number of anilines is 1. The first-order valence-electron chi connectivity index (χ1n) is 6.52. The Morgan fingerprint density at radius 2 is 2.24 bits per heavy atom. The Hall–Kier alpha value is -2.87. The van der Waals surface area contributed by atoms with Gasteiger partial charge in [0.25, 0.3) is 0 Å². The zero-order valence-electron chi connectivity index (χ0n) is 12.0. The third-order valence-electron chi connectivity index (χ3n) is 3.10. The van der Waals surface area contributed by atoms with E-state index in [9.17, 15) is 4.79 Å². The predicted octanol–water partition coefficient (Wildman–Crippen LogP) is 2.93. The first kappa shape index (κ1) is 14.5. The molecule has 0 saturated carbocycles. The molecule has 2 amide bonds. The molecule has 0 saturated heterocycles. The summed E-state index contributed by atoms with van der Waals surface area (Å²) in [6.45, 7) is 2.34. The van der Waals surface area contributed by atoms with Gasteiger partial charge in [0, 0.05) is 19.8 Å². The summed E-state index contributed by atoms with van der Waals surface area (Å²) in [6, 6.07) is 10.9. The molecule has 5 nitrogen and oxygen atoms in total. The lowest BCUT2D eigenvalue weighted by Gasteiger charge is -2.18. The van der Waals surface area contributed by atoms with Gasteiger partial charge in [-0.1, -0.05) is 12.1 Å². The van der Waals surface area contributed by atoms with Gasteiger partial charge in [-0.25, -0.2) is 4.79 Å². The number of urea groups is 1. The van der Waals surface area contributed by atoms with Crippen molar-refractivity contribution in [3.8, 4) is 6.07 Å². The number of aromatic nitrogens is 1. The number of amides is 2. The summed E-state index contributed by atoms with van der Waals surface area (Å²) in [7, 11) is 1.71. The molecule has 0 unspecified atom stereocenters. The minimum absolute atomic E-state index is 0.214. The fourth-order valence-corrected chi connectivity index (χ4v) is 1.89. The molecule has 1 aromatic carbocycles. The first-order valence-corrected chi connectivity index (χ1v) is 6.52. The maximum absolute atomic E-state index is 12.1. The lowest BCUT2D eigenvalue weighted by molar-refractivity contribution is 0.220. The van der Waals surface area contributed by atoms with Crippen LogP contribution < -0.4 is 5.32 Å². The largest absolute Gasteiger partial charge is 0.323 e. The number of benzene rings is 1. The van der Waals surface area contributed by atoms with Crippen LogP contribution in [0.2, 0.25) is 0 Å². The summed E-state index contributed by atoms with van der Waals surface area (Å²) in [6.07, 6.45) is 3.31. The molecule has 0 aliphatic carbocycles. The molecule has 0 aliphatic rings. The number of nitriles is 1. The summed E-state index contributed by atoms with van der Waals surface area (Å²) < 4.78 is 0. The van der Waals surface area contributed by atoms with Crippen molar-refractivity contribution in [1.29, 1.82) is 5.26 Å². The van der Waals surface area contributed by atoms with Crippen LogP contribution in [0.3, 0.4) is 0 Å². The van der Waals surface area contributed by atoms with Crippen LogP contribution in [-0.2, 0) is 6.54 Å². The summed E-state index contributed by atoms with van der Waals surface area (Å²) in [5, 5.41) is 11.7. The third-order valence-corrected chi connectivity index (χ3v) is 3.10. The van der Waals surface area contributed by atoms with Crippen molar-refractivity contribution >= 4 is 11.7 Å². The van der Waals surface area contributed by atoms with Gasteiger partial charge in [0.15, 0.2) is 0 Å². The van der Waals surface area contributed by atoms with E-state index in [0.29, 0.717) is 17.8 Å². The van der Waals surface area contributed by atoms with Crippen LogP contribution >= 0.6 is 0 Å². The van der Waals surface area contributed by atoms with Crippen molar-refractivity contribution in [3.05, 3.63) is 59.4 Å². The van der Waals surface area contributed by atoms with Gasteiger partial charge in [-0.3, -0.25) is 4.98 Å². The monoisotopic (exact) mass is 280 g/mol. The molecule has 0 spiro atoms. The topological polar surface area (TPSA) is 69.0 Å². The Balaban J connectivity index is 2.03. The summed E-state index contributed by atoms with van der Waals surface area (Å²) in [5.74, 6) is 0. The molecule has 0 radical (unpaired) electrons.